The van der Waals surface area contributed by atoms with Gasteiger partial charge in [0.1, 0.15) is 0 Å². The Morgan fingerprint density at radius 2 is 0.897 bits per heavy atom. The van der Waals surface area contributed by atoms with Crippen molar-refractivity contribution in [3.8, 4) is 0 Å². The summed E-state index contributed by atoms with van der Waals surface area (Å²) in [5.41, 5.74) is -7.78. The molecule has 0 N–H and O–H groups in total. The first-order chi connectivity index (χ1) is 12.6. The standard InChI is InChI=1S/C14H18F12O3/c1-5-8(4,10(15,16)17)27-12(20,21)13(22,23)29-11(18,19)9(6-2,7-3)28-14(24,25)26/h5-7H2,1-4H3. The molecule has 0 aliphatic heterocycles. The molecule has 0 aliphatic rings. The normalized spacial score (nSPS) is 17.4. The lowest BCUT2D eigenvalue weighted by molar-refractivity contribution is -0.530. The first kappa shape index (κ1) is 28.0. The smallest absolute Gasteiger partial charge is 0.297 e. The van der Waals surface area contributed by atoms with Gasteiger partial charge in [0.25, 0.3) is 0 Å². The fraction of sp³-hybridized carbons (Fsp3) is 1.00. The minimum absolute atomic E-state index is 0.0513. The molecule has 0 bridgehead atoms. The van der Waals surface area contributed by atoms with Gasteiger partial charge in [0.15, 0.2) is 11.2 Å². The van der Waals surface area contributed by atoms with Crippen molar-refractivity contribution in [2.45, 2.75) is 89.0 Å². The number of alkyl halides is 12. The van der Waals surface area contributed by atoms with Gasteiger partial charge in [-0.15, -0.1) is 13.2 Å². The van der Waals surface area contributed by atoms with Crippen molar-refractivity contribution in [1.29, 1.82) is 0 Å². The molecule has 0 heterocycles. The van der Waals surface area contributed by atoms with Crippen molar-refractivity contribution >= 4 is 0 Å². The van der Waals surface area contributed by atoms with Crippen molar-refractivity contribution in [2.24, 2.45) is 0 Å². The largest absolute Gasteiger partial charge is 0.523 e. The van der Waals surface area contributed by atoms with Gasteiger partial charge in [0.2, 0.25) is 0 Å². The molecule has 176 valence electrons. The molecule has 0 aliphatic carbocycles. The Bertz CT molecular complexity index is 539. The lowest BCUT2D eigenvalue weighted by Crippen LogP contribution is -2.61. The Kier molecular flexibility index (Phi) is 8.01. The molecule has 0 fully saturated rings. The van der Waals surface area contributed by atoms with Crippen LogP contribution in [0.3, 0.4) is 0 Å². The molecule has 0 amide bonds. The summed E-state index contributed by atoms with van der Waals surface area (Å²) in [5, 5.41) is 0. The second-order valence-corrected chi connectivity index (χ2v) is 6.09. The van der Waals surface area contributed by atoms with Crippen LogP contribution in [-0.4, -0.2) is 42.1 Å². The Labute approximate surface area is 157 Å². The molecular formula is C14H18F12O3. The van der Waals surface area contributed by atoms with Crippen LogP contribution in [0.5, 0.6) is 0 Å². The Morgan fingerprint density at radius 1 is 0.517 bits per heavy atom. The van der Waals surface area contributed by atoms with E-state index in [0.29, 0.717) is 20.8 Å². The first-order valence-corrected chi connectivity index (χ1v) is 7.92. The Morgan fingerprint density at radius 3 is 1.17 bits per heavy atom. The van der Waals surface area contributed by atoms with Gasteiger partial charge in [-0.3, -0.25) is 9.47 Å². The highest BCUT2D eigenvalue weighted by atomic mass is 19.4. The number of hydrogen-bond acceptors (Lipinski definition) is 3. The third-order valence-corrected chi connectivity index (χ3v) is 4.21. The summed E-state index contributed by atoms with van der Waals surface area (Å²) < 4.78 is 168. The molecule has 0 rings (SSSR count). The summed E-state index contributed by atoms with van der Waals surface area (Å²) in [7, 11) is 0. The molecule has 0 aromatic rings. The van der Waals surface area contributed by atoms with E-state index in [1.165, 1.54) is 0 Å². The highest BCUT2D eigenvalue weighted by Crippen LogP contribution is 2.51. The molecule has 0 radical (unpaired) electrons. The Balaban J connectivity index is 6.00. The summed E-state index contributed by atoms with van der Waals surface area (Å²) in [5.74, 6) is 0. The van der Waals surface area contributed by atoms with E-state index in [0.717, 1.165) is 0 Å². The molecule has 0 saturated heterocycles. The van der Waals surface area contributed by atoms with Crippen molar-refractivity contribution in [3.05, 3.63) is 0 Å². The third-order valence-electron chi connectivity index (χ3n) is 4.21. The zero-order valence-corrected chi connectivity index (χ0v) is 15.4. The minimum Gasteiger partial charge on any atom is -0.297 e. The van der Waals surface area contributed by atoms with Crippen LogP contribution in [0.2, 0.25) is 0 Å². The van der Waals surface area contributed by atoms with Crippen molar-refractivity contribution < 1.29 is 66.9 Å². The topological polar surface area (TPSA) is 27.7 Å². The van der Waals surface area contributed by atoms with E-state index in [1.807, 2.05) is 0 Å². The van der Waals surface area contributed by atoms with E-state index in [1.54, 1.807) is 0 Å². The average Bonchev–Trinajstić information content (AvgIpc) is 2.48. The highest BCUT2D eigenvalue weighted by molar-refractivity contribution is 4.91. The molecule has 0 spiro atoms. The molecule has 15 heteroatoms. The average molecular weight is 462 g/mol. The van der Waals surface area contributed by atoms with Crippen LogP contribution in [0.4, 0.5) is 52.7 Å². The van der Waals surface area contributed by atoms with Crippen molar-refractivity contribution in [1.82, 2.24) is 0 Å². The van der Waals surface area contributed by atoms with Gasteiger partial charge in [-0.05, 0) is 26.2 Å². The number of ether oxygens (including phenoxy) is 3. The predicted molar refractivity (Wildman–Crippen MR) is 72.2 cm³/mol. The predicted octanol–water partition coefficient (Wildman–Crippen LogP) is 6.62. The highest BCUT2D eigenvalue weighted by Gasteiger charge is 2.72. The molecule has 0 aromatic heterocycles. The SMILES string of the molecule is CCC(C)(OC(F)(F)C(F)(F)OC(F)(F)C(CC)(CC)OC(F)(F)F)C(F)(F)F. The van der Waals surface area contributed by atoms with Crippen LogP contribution in [-0.2, 0) is 14.2 Å². The monoisotopic (exact) mass is 462 g/mol. The molecule has 0 aromatic carbocycles. The molecule has 29 heavy (non-hydrogen) atoms. The van der Waals surface area contributed by atoms with Gasteiger partial charge in [-0.2, -0.15) is 39.5 Å². The summed E-state index contributed by atoms with van der Waals surface area (Å²) in [4.78, 5) is 0. The maximum atomic E-state index is 14.1. The van der Waals surface area contributed by atoms with Crippen LogP contribution < -0.4 is 0 Å². The molecule has 3 nitrogen and oxygen atoms in total. The summed E-state index contributed by atoms with van der Waals surface area (Å²) in [6.07, 6.45) is -33.9. The second kappa shape index (κ2) is 8.29. The lowest BCUT2D eigenvalue weighted by atomic mass is 9.95. The van der Waals surface area contributed by atoms with Crippen LogP contribution in [0.15, 0.2) is 0 Å². The van der Waals surface area contributed by atoms with E-state index in [-0.39, 0.29) is 6.92 Å². The quantitative estimate of drug-likeness (QED) is 0.342. The summed E-state index contributed by atoms with van der Waals surface area (Å²) >= 11 is 0. The van der Waals surface area contributed by atoms with Crippen LogP contribution >= 0.6 is 0 Å². The van der Waals surface area contributed by atoms with Crippen molar-refractivity contribution in [2.75, 3.05) is 0 Å². The summed E-state index contributed by atoms with van der Waals surface area (Å²) in [6.45, 7) is 1.85. The first-order valence-electron chi connectivity index (χ1n) is 7.92. The molecule has 0 saturated carbocycles. The summed E-state index contributed by atoms with van der Waals surface area (Å²) in [6, 6.07) is 0. The minimum atomic E-state index is -6.47. The van der Waals surface area contributed by atoms with E-state index >= 15 is 0 Å². The second-order valence-electron chi connectivity index (χ2n) is 6.09. The van der Waals surface area contributed by atoms with E-state index < -0.39 is 61.3 Å². The number of rotatable bonds is 10. The maximum absolute atomic E-state index is 14.1. The van der Waals surface area contributed by atoms with Gasteiger partial charge in [-0.25, -0.2) is 4.74 Å². The van der Waals surface area contributed by atoms with Crippen LogP contribution in [0.1, 0.15) is 47.0 Å². The number of hydrogen-bond donors (Lipinski definition) is 0. The lowest BCUT2D eigenvalue weighted by Gasteiger charge is -2.41. The fourth-order valence-electron chi connectivity index (χ4n) is 2.07. The number of halogens is 12. The molecule has 1 atom stereocenters. The third kappa shape index (κ3) is 6.03. The van der Waals surface area contributed by atoms with E-state index in [4.69, 9.17) is 0 Å². The Hall–Kier alpha value is -0.960. The van der Waals surface area contributed by atoms with E-state index in [9.17, 15) is 52.7 Å². The fourth-order valence-corrected chi connectivity index (χ4v) is 2.07. The van der Waals surface area contributed by atoms with Gasteiger partial charge in [0, 0.05) is 0 Å². The van der Waals surface area contributed by atoms with Gasteiger partial charge in [0.05, 0.1) is 0 Å². The van der Waals surface area contributed by atoms with Gasteiger partial charge >= 0.3 is 30.9 Å². The van der Waals surface area contributed by atoms with Gasteiger partial charge in [-0.1, -0.05) is 20.8 Å². The molecule has 1 unspecified atom stereocenters. The van der Waals surface area contributed by atoms with Crippen LogP contribution in [0.25, 0.3) is 0 Å². The van der Waals surface area contributed by atoms with Crippen molar-refractivity contribution in [3.63, 3.8) is 0 Å². The zero-order chi connectivity index (χ0) is 23.7. The van der Waals surface area contributed by atoms with Gasteiger partial charge < -0.3 is 0 Å². The zero-order valence-electron chi connectivity index (χ0n) is 15.4. The van der Waals surface area contributed by atoms with Crippen LogP contribution in [0, 0.1) is 0 Å². The van der Waals surface area contributed by atoms with E-state index in [2.05, 4.69) is 14.2 Å². The maximum Gasteiger partial charge on any atom is 0.523 e. The molecular weight excluding hydrogens is 444 g/mol.